The minimum absolute atomic E-state index is 0.0381. The molecule has 3 aliphatic heterocycles. The van der Waals surface area contributed by atoms with Crippen LogP contribution in [0.4, 0.5) is 26.3 Å². The Kier molecular flexibility index (Phi) is 5.90. The van der Waals surface area contributed by atoms with Gasteiger partial charge in [-0.25, -0.2) is 21.6 Å². The van der Waals surface area contributed by atoms with Crippen molar-refractivity contribution in [3.05, 3.63) is 52.6 Å². The summed E-state index contributed by atoms with van der Waals surface area (Å²) >= 11 is 0. The summed E-state index contributed by atoms with van der Waals surface area (Å²) in [5.74, 6) is -4.19. The number of rotatable bonds is 4. The Morgan fingerprint density at radius 1 is 1.06 bits per heavy atom. The zero-order valence-electron chi connectivity index (χ0n) is 17.9. The van der Waals surface area contributed by atoms with Gasteiger partial charge in [-0.1, -0.05) is 0 Å². The summed E-state index contributed by atoms with van der Waals surface area (Å²) in [6.45, 7) is -0.0351. The van der Waals surface area contributed by atoms with E-state index in [0.29, 0.717) is 17.3 Å². The van der Waals surface area contributed by atoms with Crippen LogP contribution in [0.5, 0.6) is 0 Å². The van der Waals surface area contributed by atoms with Crippen LogP contribution >= 0.6 is 0 Å². The van der Waals surface area contributed by atoms with Gasteiger partial charge in [-0.3, -0.25) is 4.90 Å². The maximum absolute atomic E-state index is 14.3. The third-order valence-electron chi connectivity index (χ3n) is 6.55. The van der Waals surface area contributed by atoms with E-state index in [1.165, 1.54) is 11.1 Å². The molecule has 0 amide bonds. The SMILES string of the molecule is N[C@H]1C[C@@H](N2Cc3cn(S(=O)(=O)C4COC4)nc3C2)[C@@H](C(F)(F)F)O[C@@H]1c1cc(F)c(F)cc1F. The maximum atomic E-state index is 14.3. The van der Waals surface area contributed by atoms with Crippen LogP contribution in [-0.4, -0.2) is 65.3 Å². The highest BCUT2D eigenvalue weighted by Crippen LogP contribution is 2.42. The van der Waals surface area contributed by atoms with Crippen molar-refractivity contribution in [2.24, 2.45) is 5.73 Å². The van der Waals surface area contributed by atoms with Crippen LogP contribution in [0.15, 0.2) is 18.3 Å². The average molecular weight is 526 g/mol. The minimum Gasteiger partial charge on any atom is -0.378 e. The first-order valence-electron chi connectivity index (χ1n) is 10.6. The normalized spacial score (nSPS) is 28.2. The van der Waals surface area contributed by atoms with Crippen molar-refractivity contribution < 1.29 is 44.2 Å². The van der Waals surface area contributed by atoms with Gasteiger partial charge in [-0.15, -0.1) is 0 Å². The van der Waals surface area contributed by atoms with Gasteiger partial charge in [-0.2, -0.15) is 22.4 Å². The van der Waals surface area contributed by atoms with Crippen molar-refractivity contribution in [3.8, 4) is 0 Å². The quantitative estimate of drug-likeness (QED) is 0.481. The molecular formula is C20H20F6N4O4S. The van der Waals surface area contributed by atoms with Gasteiger partial charge in [0.15, 0.2) is 17.7 Å². The number of ether oxygens (including phenoxy) is 2. The molecule has 192 valence electrons. The predicted octanol–water partition coefficient (Wildman–Crippen LogP) is 1.98. The van der Waals surface area contributed by atoms with Crippen molar-refractivity contribution in [2.45, 2.75) is 55.2 Å². The number of aromatic nitrogens is 2. The molecule has 5 rings (SSSR count). The first-order chi connectivity index (χ1) is 16.4. The molecule has 0 aliphatic carbocycles. The van der Waals surface area contributed by atoms with Crippen LogP contribution in [-0.2, 0) is 32.6 Å². The molecule has 15 heteroatoms. The van der Waals surface area contributed by atoms with Crippen molar-refractivity contribution in [1.82, 2.24) is 14.1 Å². The van der Waals surface area contributed by atoms with E-state index >= 15 is 0 Å². The van der Waals surface area contributed by atoms with E-state index in [9.17, 15) is 34.8 Å². The molecule has 0 radical (unpaired) electrons. The van der Waals surface area contributed by atoms with Crippen LogP contribution in [0.2, 0.25) is 0 Å². The standard InChI is InChI=1S/C20H20F6N4O4S/c21-12-2-14(23)13(22)1-11(12)18-15(27)3-17(19(34-18)20(24,25)26)29-4-9-5-30(28-16(9)6-29)35(31,32)10-7-33-8-10/h1-2,5,10,15,17-19H,3-4,6-8,27H2/t15-,17+,18+,19-/m0/s1. The maximum Gasteiger partial charge on any atom is 0.416 e. The zero-order chi connectivity index (χ0) is 25.3. The van der Waals surface area contributed by atoms with Gasteiger partial charge in [0.1, 0.15) is 17.2 Å². The lowest BCUT2D eigenvalue weighted by Crippen LogP contribution is -2.58. The molecule has 2 N–H and O–H groups in total. The topological polar surface area (TPSA) is 99.7 Å². The number of benzene rings is 1. The number of nitrogens with zero attached hydrogens (tertiary/aromatic N) is 3. The van der Waals surface area contributed by atoms with Crippen LogP contribution in [0.3, 0.4) is 0 Å². The van der Waals surface area contributed by atoms with Gasteiger partial charge in [0, 0.05) is 48.6 Å². The highest BCUT2D eigenvalue weighted by Gasteiger charge is 2.54. The van der Waals surface area contributed by atoms with Crippen molar-refractivity contribution in [2.75, 3.05) is 13.2 Å². The molecule has 2 aromatic rings. The van der Waals surface area contributed by atoms with Crippen LogP contribution in [0, 0.1) is 17.5 Å². The Bertz CT molecular complexity index is 1230. The Morgan fingerprint density at radius 2 is 1.74 bits per heavy atom. The summed E-state index contributed by atoms with van der Waals surface area (Å²) in [5, 5.41) is 3.33. The highest BCUT2D eigenvalue weighted by molar-refractivity contribution is 7.90. The van der Waals surface area contributed by atoms with Crippen molar-refractivity contribution >= 4 is 10.0 Å². The molecule has 4 heterocycles. The second kappa shape index (κ2) is 8.44. The molecule has 0 spiro atoms. The van der Waals surface area contributed by atoms with Crippen molar-refractivity contribution in [1.29, 1.82) is 0 Å². The fourth-order valence-electron chi connectivity index (χ4n) is 4.63. The van der Waals surface area contributed by atoms with E-state index < -0.39 is 68.8 Å². The van der Waals surface area contributed by atoms with E-state index in [0.717, 1.165) is 4.09 Å². The van der Waals surface area contributed by atoms with E-state index in [4.69, 9.17) is 15.2 Å². The summed E-state index contributed by atoms with van der Waals surface area (Å²) < 4.78 is 119. The Morgan fingerprint density at radius 3 is 2.34 bits per heavy atom. The highest BCUT2D eigenvalue weighted by atomic mass is 32.2. The Hall–Kier alpha value is -2.20. The van der Waals surface area contributed by atoms with Crippen LogP contribution in [0.1, 0.15) is 29.3 Å². The summed E-state index contributed by atoms with van der Waals surface area (Å²) in [7, 11) is -3.77. The van der Waals surface area contributed by atoms with E-state index in [2.05, 4.69) is 5.10 Å². The molecule has 0 unspecified atom stereocenters. The molecule has 1 aromatic heterocycles. The van der Waals surface area contributed by atoms with Gasteiger partial charge in [0.25, 0.3) is 10.0 Å². The monoisotopic (exact) mass is 526 g/mol. The molecule has 4 atom stereocenters. The molecule has 0 saturated carbocycles. The molecule has 3 aliphatic rings. The van der Waals surface area contributed by atoms with Gasteiger partial charge in [0.05, 0.1) is 18.9 Å². The smallest absolute Gasteiger partial charge is 0.378 e. The number of alkyl halides is 3. The summed E-state index contributed by atoms with van der Waals surface area (Å²) in [6.07, 6.45) is -7.97. The van der Waals surface area contributed by atoms with Crippen LogP contribution in [0.25, 0.3) is 0 Å². The molecule has 2 saturated heterocycles. The minimum atomic E-state index is -4.88. The second-order valence-electron chi connectivity index (χ2n) is 8.86. The lowest BCUT2D eigenvalue weighted by Gasteiger charge is -2.44. The predicted molar refractivity (Wildman–Crippen MR) is 107 cm³/mol. The molecule has 0 bridgehead atoms. The average Bonchev–Trinajstić information content (AvgIpc) is 3.28. The van der Waals surface area contributed by atoms with E-state index in [-0.39, 0.29) is 38.8 Å². The fraction of sp³-hybridized carbons (Fsp3) is 0.550. The van der Waals surface area contributed by atoms with E-state index in [1.54, 1.807) is 0 Å². The number of halogens is 6. The Labute approximate surface area is 195 Å². The summed E-state index contributed by atoms with van der Waals surface area (Å²) in [6, 6.07) is -1.78. The molecule has 35 heavy (non-hydrogen) atoms. The fourth-order valence-corrected chi connectivity index (χ4v) is 5.96. The molecule has 1 aromatic carbocycles. The van der Waals surface area contributed by atoms with Gasteiger partial charge >= 0.3 is 6.18 Å². The molecular weight excluding hydrogens is 506 g/mol. The zero-order valence-corrected chi connectivity index (χ0v) is 18.7. The van der Waals surface area contributed by atoms with Gasteiger partial charge < -0.3 is 15.2 Å². The molecule has 2 fully saturated rings. The lowest BCUT2D eigenvalue weighted by molar-refractivity contribution is -0.269. The third kappa shape index (κ3) is 4.22. The summed E-state index contributed by atoms with van der Waals surface area (Å²) in [4.78, 5) is 1.41. The first kappa shape index (κ1) is 24.5. The lowest BCUT2D eigenvalue weighted by atomic mass is 9.89. The van der Waals surface area contributed by atoms with Crippen LogP contribution < -0.4 is 5.73 Å². The van der Waals surface area contributed by atoms with Crippen molar-refractivity contribution in [3.63, 3.8) is 0 Å². The Balaban J connectivity index is 1.38. The number of fused-ring (bicyclic) bond motifs is 1. The number of nitrogens with two attached hydrogens (primary N) is 1. The van der Waals surface area contributed by atoms with Gasteiger partial charge in [-0.05, 0) is 12.5 Å². The largest absolute Gasteiger partial charge is 0.416 e. The van der Waals surface area contributed by atoms with Gasteiger partial charge in [0.2, 0.25) is 0 Å². The first-order valence-corrected chi connectivity index (χ1v) is 12.1. The third-order valence-corrected chi connectivity index (χ3v) is 8.38. The molecule has 8 nitrogen and oxygen atoms in total. The second-order valence-corrected chi connectivity index (χ2v) is 10.9. The summed E-state index contributed by atoms with van der Waals surface area (Å²) in [5.41, 5.74) is 6.18. The van der Waals surface area contributed by atoms with E-state index in [1.807, 2.05) is 0 Å². The number of hydrogen-bond donors (Lipinski definition) is 1. The number of hydrogen-bond acceptors (Lipinski definition) is 7.